The van der Waals surface area contributed by atoms with Gasteiger partial charge in [0, 0.05) is 38.5 Å². The maximum absolute atomic E-state index is 11.7. The Balaban J connectivity index is 5.74. The molecule has 11 nitrogen and oxygen atoms in total. The fourth-order valence-corrected chi connectivity index (χ4v) is 2.96. The topological polar surface area (TPSA) is 133 Å². The minimum absolute atomic E-state index is 0.00151. The van der Waals surface area contributed by atoms with E-state index in [9.17, 15) is 19.2 Å². The second kappa shape index (κ2) is 18.1. The fourth-order valence-electron chi connectivity index (χ4n) is 2.96. The third-order valence-corrected chi connectivity index (χ3v) is 4.82. The zero-order chi connectivity index (χ0) is 27.5. The highest BCUT2D eigenvalue weighted by Crippen LogP contribution is 2.27. The van der Waals surface area contributed by atoms with Gasteiger partial charge in [0.1, 0.15) is 19.8 Å². The first-order valence-electron chi connectivity index (χ1n) is 10.9. The number of methoxy groups -OCH3 is 2. The molecule has 0 aromatic rings. The molecule has 0 saturated carbocycles. The van der Waals surface area contributed by atoms with Gasteiger partial charge in [-0.25, -0.2) is 19.2 Å². The third-order valence-electron chi connectivity index (χ3n) is 4.82. The number of esters is 4. The zero-order valence-corrected chi connectivity index (χ0v) is 21.0. The number of hydrogen-bond acceptors (Lipinski definition) is 11. The molecule has 0 radical (unpaired) electrons. The molecule has 0 bridgehead atoms. The van der Waals surface area contributed by atoms with Gasteiger partial charge in [-0.15, -0.1) is 0 Å². The van der Waals surface area contributed by atoms with Crippen molar-refractivity contribution in [2.45, 2.75) is 6.42 Å². The smallest absolute Gasteiger partial charge is 0.330 e. The van der Waals surface area contributed by atoms with Crippen LogP contribution in [-0.2, 0) is 52.3 Å². The molecule has 0 rings (SSSR count). The molecular formula is C25H36O11. The summed E-state index contributed by atoms with van der Waals surface area (Å²) in [7, 11) is 2.88. The molecule has 0 aromatic carbocycles. The van der Waals surface area contributed by atoms with Gasteiger partial charge in [0.2, 0.25) is 0 Å². The molecule has 36 heavy (non-hydrogen) atoms. The normalized spacial score (nSPS) is 12.4. The van der Waals surface area contributed by atoms with E-state index < -0.39 is 34.7 Å². The summed E-state index contributed by atoms with van der Waals surface area (Å²) in [6, 6.07) is 0. The Morgan fingerprint density at radius 2 is 0.917 bits per heavy atom. The summed E-state index contributed by atoms with van der Waals surface area (Å²) in [6.07, 6.45) is 4.24. The number of rotatable bonds is 21. The van der Waals surface area contributed by atoms with Crippen molar-refractivity contribution in [1.29, 1.82) is 0 Å². The van der Waals surface area contributed by atoms with E-state index in [0.29, 0.717) is 0 Å². The van der Waals surface area contributed by atoms with Gasteiger partial charge in [0.25, 0.3) is 0 Å². The summed E-state index contributed by atoms with van der Waals surface area (Å²) >= 11 is 0. The predicted octanol–water partition coefficient (Wildman–Crippen LogP) is 1.58. The molecule has 0 heterocycles. The first-order chi connectivity index (χ1) is 17.1. The molecule has 0 N–H and O–H groups in total. The number of hydrogen-bond donors (Lipinski definition) is 0. The largest absolute Gasteiger partial charge is 0.463 e. The molecule has 0 aromatic heterocycles. The second-order valence-corrected chi connectivity index (χ2v) is 7.92. The van der Waals surface area contributed by atoms with Crippen molar-refractivity contribution in [1.82, 2.24) is 0 Å². The number of carbonyl (C=O) groups excluding carboxylic acids is 4. The van der Waals surface area contributed by atoms with E-state index in [-0.39, 0.29) is 59.3 Å². The van der Waals surface area contributed by atoms with Crippen LogP contribution in [0.3, 0.4) is 0 Å². The van der Waals surface area contributed by atoms with Crippen LogP contribution in [0.2, 0.25) is 0 Å². The minimum atomic E-state index is -1.09. The van der Waals surface area contributed by atoms with E-state index in [4.69, 9.17) is 33.2 Å². The fraction of sp³-hybridized carbons (Fsp3) is 0.520. The van der Waals surface area contributed by atoms with Crippen LogP contribution in [0.5, 0.6) is 0 Å². The van der Waals surface area contributed by atoms with Crippen LogP contribution in [0.25, 0.3) is 0 Å². The van der Waals surface area contributed by atoms with Crippen LogP contribution in [-0.4, -0.2) is 91.0 Å². The highest BCUT2D eigenvalue weighted by atomic mass is 16.6. The highest BCUT2D eigenvalue weighted by molar-refractivity contribution is 5.82. The van der Waals surface area contributed by atoms with Gasteiger partial charge in [0.05, 0.1) is 43.9 Å². The lowest BCUT2D eigenvalue weighted by Crippen LogP contribution is -2.45. The molecule has 202 valence electrons. The van der Waals surface area contributed by atoms with Crippen molar-refractivity contribution in [3.05, 3.63) is 50.6 Å². The first kappa shape index (κ1) is 32.7. The minimum Gasteiger partial charge on any atom is -0.463 e. The number of carbonyl (C=O) groups is 4. The van der Waals surface area contributed by atoms with Gasteiger partial charge in [-0.2, -0.15) is 0 Å². The van der Waals surface area contributed by atoms with Crippen molar-refractivity contribution >= 4 is 23.9 Å². The van der Waals surface area contributed by atoms with E-state index in [2.05, 4.69) is 26.3 Å². The maximum Gasteiger partial charge on any atom is 0.330 e. The Morgan fingerprint density at radius 3 is 1.33 bits per heavy atom. The van der Waals surface area contributed by atoms with Gasteiger partial charge in [-0.1, -0.05) is 26.3 Å². The summed E-state index contributed by atoms with van der Waals surface area (Å²) in [4.78, 5) is 46.6. The molecule has 0 fully saturated rings. The quantitative estimate of drug-likeness (QED) is 0.126. The van der Waals surface area contributed by atoms with Gasteiger partial charge in [-0.05, 0) is 6.42 Å². The van der Waals surface area contributed by atoms with E-state index in [1.54, 1.807) is 0 Å². The molecule has 0 spiro atoms. The Kier molecular flexibility index (Phi) is 16.4. The van der Waals surface area contributed by atoms with Crippen LogP contribution in [0.1, 0.15) is 6.42 Å². The maximum atomic E-state index is 11.7. The average Bonchev–Trinajstić information content (AvgIpc) is 2.88. The first-order valence-corrected chi connectivity index (χ1v) is 10.9. The van der Waals surface area contributed by atoms with Crippen molar-refractivity contribution in [2.24, 2.45) is 10.8 Å². The van der Waals surface area contributed by atoms with Crippen LogP contribution in [0.15, 0.2) is 50.6 Å². The van der Waals surface area contributed by atoms with Crippen LogP contribution in [0.4, 0.5) is 0 Å². The van der Waals surface area contributed by atoms with Gasteiger partial charge >= 0.3 is 23.9 Å². The Labute approximate surface area is 211 Å². The third kappa shape index (κ3) is 13.0. The van der Waals surface area contributed by atoms with Crippen molar-refractivity contribution < 1.29 is 52.3 Å². The molecule has 0 aliphatic carbocycles. The van der Waals surface area contributed by atoms with E-state index >= 15 is 0 Å². The summed E-state index contributed by atoms with van der Waals surface area (Å²) in [5, 5.41) is 0. The molecule has 0 aliphatic rings. The van der Waals surface area contributed by atoms with Gasteiger partial charge in [-0.3, -0.25) is 0 Å². The summed E-state index contributed by atoms with van der Waals surface area (Å²) < 4.78 is 37.3. The SMILES string of the molecule is C=CC(=O)OCCC(COC)(COCC(COC)(COC(=O)C=C)COC(=O)C=C)COC(=O)C=C. The standard InChI is InChI=1S/C25H36O11/c1-7-20(26)33-12-11-24(13-30-5,17-34-21(27)8-2)15-32-16-25(14-31-6,18-35-22(28)9-3)19-36-23(29)10-4/h7-10H,1-4,11-19H2,5-6H3. The molecule has 1 unspecified atom stereocenters. The predicted molar refractivity (Wildman–Crippen MR) is 129 cm³/mol. The van der Waals surface area contributed by atoms with Crippen LogP contribution >= 0.6 is 0 Å². The van der Waals surface area contributed by atoms with E-state index in [1.807, 2.05) is 0 Å². The second-order valence-electron chi connectivity index (χ2n) is 7.92. The van der Waals surface area contributed by atoms with Crippen LogP contribution < -0.4 is 0 Å². The van der Waals surface area contributed by atoms with E-state index in [1.165, 1.54) is 14.2 Å². The van der Waals surface area contributed by atoms with Gasteiger partial charge in [0.15, 0.2) is 0 Å². The Hall–Kier alpha value is -3.28. The summed E-state index contributed by atoms with van der Waals surface area (Å²) in [6.45, 7) is 12.8. The lowest BCUT2D eigenvalue weighted by Gasteiger charge is -2.35. The highest BCUT2D eigenvalue weighted by Gasteiger charge is 2.38. The number of ether oxygens (including phenoxy) is 7. The molecule has 0 amide bonds. The Bertz CT molecular complexity index is 750. The zero-order valence-electron chi connectivity index (χ0n) is 21.0. The molecule has 1 atom stereocenters. The monoisotopic (exact) mass is 512 g/mol. The van der Waals surface area contributed by atoms with Crippen molar-refractivity contribution in [2.75, 3.05) is 67.1 Å². The molecule has 11 heteroatoms. The van der Waals surface area contributed by atoms with E-state index in [0.717, 1.165) is 24.3 Å². The average molecular weight is 513 g/mol. The summed E-state index contributed by atoms with van der Waals surface area (Å²) in [5.41, 5.74) is -2.01. The lowest BCUT2D eigenvalue weighted by molar-refractivity contribution is -0.161. The van der Waals surface area contributed by atoms with Crippen molar-refractivity contribution in [3.63, 3.8) is 0 Å². The summed E-state index contributed by atoms with van der Waals surface area (Å²) in [5.74, 6) is -2.63. The van der Waals surface area contributed by atoms with Crippen LogP contribution in [0, 0.1) is 10.8 Å². The molecular weight excluding hydrogens is 476 g/mol. The Morgan fingerprint density at radius 1 is 0.556 bits per heavy atom. The van der Waals surface area contributed by atoms with Crippen molar-refractivity contribution in [3.8, 4) is 0 Å². The lowest BCUT2D eigenvalue weighted by atomic mass is 9.86. The molecule has 0 saturated heterocycles. The molecule has 0 aliphatic heterocycles. The van der Waals surface area contributed by atoms with Gasteiger partial charge < -0.3 is 33.2 Å².